The summed E-state index contributed by atoms with van der Waals surface area (Å²) in [4.78, 5) is 12.5. The van der Waals surface area contributed by atoms with Crippen molar-refractivity contribution in [1.82, 2.24) is 5.32 Å². The van der Waals surface area contributed by atoms with Crippen molar-refractivity contribution in [2.45, 2.75) is 76.9 Å². The van der Waals surface area contributed by atoms with Crippen LogP contribution in [0.25, 0.3) is 0 Å². The van der Waals surface area contributed by atoms with Crippen LogP contribution in [0.1, 0.15) is 64.7 Å². The van der Waals surface area contributed by atoms with Crippen LogP contribution < -0.4 is 5.32 Å². The minimum absolute atomic E-state index is 0.162. The highest BCUT2D eigenvalue weighted by Gasteiger charge is 2.54. The number of amides is 1. The molecule has 3 heteroatoms. The summed E-state index contributed by atoms with van der Waals surface area (Å²) in [6.45, 7) is 3.01. The maximum atomic E-state index is 12.5. The smallest absolute Gasteiger partial charge is 0.249 e. The Morgan fingerprint density at radius 1 is 1.19 bits per heavy atom. The molecule has 5 fully saturated rings. The Hall–Kier alpha value is -0.570. The summed E-state index contributed by atoms with van der Waals surface area (Å²) >= 11 is 0. The molecule has 0 spiro atoms. The molecule has 118 valence electrons. The lowest BCUT2D eigenvalue weighted by Crippen LogP contribution is -2.57. The fourth-order valence-corrected chi connectivity index (χ4v) is 6.34. The Morgan fingerprint density at radius 2 is 1.81 bits per heavy atom. The second-order valence-corrected chi connectivity index (χ2v) is 8.25. The van der Waals surface area contributed by atoms with E-state index in [1.54, 1.807) is 0 Å². The van der Waals surface area contributed by atoms with Crippen LogP contribution >= 0.6 is 0 Å². The van der Waals surface area contributed by atoms with Crippen LogP contribution in [0, 0.1) is 23.2 Å². The Balaban J connectivity index is 1.48. The van der Waals surface area contributed by atoms with Crippen LogP contribution in [-0.4, -0.2) is 24.7 Å². The van der Waals surface area contributed by atoms with E-state index in [2.05, 4.69) is 12.2 Å². The van der Waals surface area contributed by atoms with Gasteiger partial charge in [-0.25, -0.2) is 0 Å². The van der Waals surface area contributed by atoms with Crippen molar-refractivity contribution in [1.29, 1.82) is 0 Å². The predicted molar refractivity (Wildman–Crippen MR) is 81.8 cm³/mol. The maximum absolute atomic E-state index is 12.5. The van der Waals surface area contributed by atoms with Gasteiger partial charge >= 0.3 is 0 Å². The third kappa shape index (κ3) is 2.42. The molecule has 4 bridgehead atoms. The third-order valence-corrected chi connectivity index (χ3v) is 6.77. The Bertz CT molecular complexity index is 378. The number of carbonyl (C=O) groups is 1. The summed E-state index contributed by atoms with van der Waals surface area (Å²) < 4.78 is 5.57. The van der Waals surface area contributed by atoms with E-state index in [1.165, 1.54) is 38.5 Å². The van der Waals surface area contributed by atoms with Crippen molar-refractivity contribution in [3.63, 3.8) is 0 Å². The first-order chi connectivity index (χ1) is 10.2. The second-order valence-electron chi connectivity index (χ2n) is 8.25. The third-order valence-electron chi connectivity index (χ3n) is 6.77. The minimum atomic E-state index is -0.173. The number of rotatable bonds is 4. The van der Waals surface area contributed by atoms with Gasteiger partial charge in [0, 0.05) is 12.6 Å². The SMILES string of the molecule is CC[C@H](NC(=O)[C@@H]1CCCO1)C12CC3CC(CC(C3)C1)C2. The van der Waals surface area contributed by atoms with Crippen molar-refractivity contribution in [2.24, 2.45) is 23.2 Å². The summed E-state index contributed by atoms with van der Waals surface area (Å²) in [6.07, 6.45) is 11.3. The van der Waals surface area contributed by atoms with Gasteiger partial charge in [-0.15, -0.1) is 0 Å². The Kier molecular flexibility index (Phi) is 3.52. The fraction of sp³-hybridized carbons (Fsp3) is 0.944. The van der Waals surface area contributed by atoms with Gasteiger partial charge in [0.15, 0.2) is 0 Å². The average Bonchev–Trinajstić information content (AvgIpc) is 2.97. The molecular formula is C18H29NO2. The van der Waals surface area contributed by atoms with E-state index in [-0.39, 0.29) is 12.0 Å². The highest BCUT2D eigenvalue weighted by Crippen LogP contribution is 2.61. The summed E-state index contributed by atoms with van der Waals surface area (Å²) in [7, 11) is 0. The zero-order valence-electron chi connectivity index (χ0n) is 13.3. The molecular weight excluding hydrogens is 262 g/mol. The zero-order valence-corrected chi connectivity index (χ0v) is 13.3. The molecule has 0 aromatic heterocycles. The van der Waals surface area contributed by atoms with Crippen LogP contribution in [0.5, 0.6) is 0 Å². The summed E-state index contributed by atoms with van der Waals surface area (Å²) in [6, 6.07) is 0.377. The van der Waals surface area contributed by atoms with Crippen molar-refractivity contribution >= 4 is 5.91 Å². The molecule has 0 aromatic rings. The first kappa shape index (κ1) is 14.0. The number of hydrogen-bond donors (Lipinski definition) is 1. The van der Waals surface area contributed by atoms with E-state index in [9.17, 15) is 4.79 Å². The minimum Gasteiger partial charge on any atom is -0.368 e. The summed E-state index contributed by atoms with van der Waals surface area (Å²) in [5, 5.41) is 3.40. The Morgan fingerprint density at radius 3 is 2.29 bits per heavy atom. The predicted octanol–water partition coefficient (Wildman–Crippen LogP) is 3.28. The van der Waals surface area contributed by atoms with Gasteiger partial charge in [0.2, 0.25) is 5.91 Å². The average molecular weight is 291 g/mol. The number of ether oxygens (including phenoxy) is 1. The molecule has 0 aromatic carbocycles. The summed E-state index contributed by atoms with van der Waals surface area (Å²) in [5.41, 5.74) is 0.414. The van der Waals surface area contributed by atoms with E-state index < -0.39 is 0 Å². The van der Waals surface area contributed by atoms with Crippen LogP contribution in [0.15, 0.2) is 0 Å². The van der Waals surface area contributed by atoms with Gasteiger partial charge in [0.05, 0.1) is 0 Å². The number of nitrogens with one attached hydrogen (secondary N) is 1. The molecule has 21 heavy (non-hydrogen) atoms. The maximum Gasteiger partial charge on any atom is 0.249 e. The monoisotopic (exact) mass is 291 g/mol. The molecule has 1 heterocycles. The highest BCUT2D eigenvalue weighted by atomic mass is 16.5. The molecule has 1 aliphatic heterocycles. The highest BCUT2D eigenvalue weighted by molar-refractivity contribution is 5.81. The lowest BCUT2D eigenvalue weighted by Gasteiger charge is -2.59. The van der Waals surface area contributed by atoms with Gasteiger partial charge in [-0.3, -0.25) is 4.79 Å². The van der Waals surface area contributed by atoms with Crippen molar-refractivity contribution in [3.8, 4) is 0 Å². The lowest BCUT2D eigenvalue weighted by atomic mass is 9.47. The topological polar surface area (TPSA) is 38.3 Å². The number of carbonyl (C=O) groups excluding carboxylic acids is 1. The van der Waals surface area contributed by atoms with E-state index >= 15 is 0 Å². The first-order valence-corrected chi connectivity index (χ1v) is 9.10. The van der Waals surface area contributed by atoms with E-state index in [4.69, 9.17) is 4.74 Å². The second kappa shape index (κ2) is 5.26. The number of hydrogen-bond acceptors (Lipinski definition) is 2. The largest absolute Gasteiger partial charge is 0.368 e. The normalized spacial score (nSPS) is 45.8. The molecule has 2 atom stereocenters. The first-order valence-electron chi connectivity index (χ1n) is 9.10. The van der Waals surface area contributed by atoms with Crippen molar-refractivity contribution < 1.29 is 9.53 Å². The molecule has 5 aliphatic rings. The molecule has 0 radical (unpaired) electrons. The molecule has 4 saturated carbocycles. The summed E-state index contributed by atoms with van der Waals surface area (Å²) in [5.74, 6) is 3.01. The Labute approximate surface area is 128 Å². The standard InChI is InChI=1S/C18H29NO2/c1-2-16(19-17(20)15-4-3-5-21-15)18-9-12-6-13(10-18)8-14(7-12)11-18/h12-16H,2-11H2,1H3,(H,19,20)/t12?,13?,14?,15-,16-,18?/m0/s1. The molecule has 3 nitrogen and oxygen atoms in total. The van der Waals surface area contributed by atoms with Gasteiger partial charge in [-0.05, 0) is 81.0 Å². The molecule has 1 N–H and O–H groups in total. The molecule has 1 saturated heterocycles. The van der Waals surface area contributed by atoms with Gasteiger partial charge in [-0.1, -0.05) is 6.92 Å². The van der Waals surface area contributed by atoms with Crippen LogP contribution in [-0.2, 0) is 9.53 Å². The molecule has 5 rings (SSSR count). The van der Waals surface area contributed by atoms with Gasteiger partial charge in [0.1, 0.15) is 6.10 Å². The van der Waals surface area contributed by atoms with Gasteiger partial charge in [-0.2, -0.15) is 0 Å². The molecule has 0 unspecified atom stereocenters. The van der Waals surface area contributed by atoms with Crippen LogP contribution in [0.2, 0.25) is 0 Å². The molecule has 4 aliphatic carbocycles. The van der Waals surface area contributed by atoms with E-state index in [0.29, 0.717) is 11.5 Å². The van der Waals surface area contributed by atoms with Crippen molar-refractivity contribution in [3.05, 3.63) is 0 Å². The van der Waals surface area contributed by atoms with E-state index in [0.717, 1.165) is 43.6 Å². The van der Waals surface area contributed by atoms with E-state index in [1.807, 2.05) is 0 Å². The zero-order chi connectivity index (χ0) is 14.4. The fourth-order valence-electron chi connectivity index (χ4n) is 6.34. The molecule has 1 amide bonds. The van der Waals surface area contributed by atoms with Gasteiger partial charge in [0.25, 0.3) is 0 Å². The van der Waals surface area contributed by atoms with Crippen LogP contribution in [0.4, 0.5) is 0 Å². The van der Waals surface area contributed by atoms with Crippen LogP contribution in [0.3, 0.4) is 0 Å². The quantitative estimate of drug-likeness (QED) is 0.863. The van der Waals surface area contributed by atoms with Gasteiger partial charge < -0.3 is 10.1 Å². The van der Waals surface area contributed by atoms with Crippen molar-refractivity contribution in [2.75, 3.05) is 6.61 Å². The lowest BCUT2D eigenvalue weighted by molar-refractivity contribution is -0.135.